The van der Waals surface area contributed by atoms with Crippen LogP contribution in [-0.4, -0.2) is 50.8 Å². The van der Waals surface area contributed by atoms with Crippen molar-refractivity contribution in [3.63, 3.8) is 0 Å². The summed E-state index contributed by atoms with van der Waals surface area (Å²) in [5.41, 5.74) is 0. The summed E-state index contributed by atoms with van der Waals surface area (Å²) in [7, 11) is 1.59. The third-order valence-corrected chi connectivity index (χ3v) is 2.85. The third kappa shape index (κ3) is 3.88. The van der Waals surface area contributed by atoms with Crippen molar-refractivity contribution >= 4 is 23.5 Å². The van der Waals surface area contributed by atoms with Gasteiger partial charge in [-0.2, -0.15) is 20.1 Å². The highest BCUT2D eigenvalue weighted by Crippen LogP contribution is 2.13. The largest absolute Gasteiger partial charge is 0.358 e. The summed E-state index contributed by atoms with van der Waals surface area (Å²) in [6.07, 6.45) is 4.17. The van der Waals surface area contributed by atoms with Crippen LogP contribution in [0.4, 0.5) is 5.95 Å². The second-order valence-corrected chi connectivity index (χ2v) is 4.59. The molecule has 0 saturated carbocycles. The molecule has 2 aromatic rings. The highest BCUT2D eigenvalue weighted by Gasteiger charge is 2.16. The van der Waals surface area contributed by atoms with Crippen LogP contribution in [-0.2, 0) is 4.79 Å². The summed E-state index contributed by atoms with van der Waals surface area (Å²) >= 11 is 5.95. The molecular formula is C12H16ClN7O. The van der Waals surface area contributed by atoms with Crippen LogP contribution in [0, 0.1) is 0 Å². The molecule has 0 saturated heterocycles. The van der Waals surface area contributed by atoms with Crippen LogP contribution < -0.4 is 10.2 Å². The van der Waals surface area contributed by atoms with Crippen molar-refractivity contribution in [2.24, 2.45) is 0 Å². The SMILES string of the molecule is CCCN(CC(=O)NC)c1nc(Cl)nc(-n2cccn2)n1. The van der Waals surface area contributed by atoms with Gasteiger partial charge in [-0.1, -0.05) is 6.92 Å². The molecule has 2 rings (SSSR count). The summed E-state index contributed by atoms with van der Waals surface area (Å²) in [5.74, 6) is 0.541. The Morgan fingerprint density at radius 1 is 1.43 bits per heavy atom. The van der Waals surface area contributed by atoms with Crippen LogP contribution in [0.15, 0.2) is 18.5 Å². The normalized spacial score (nSPS) is 10.4. The van der Waals surface area contributed by atoms with Gasteiger partial charge in [-0.05, 0) is 24.1 Å². The van der Waals surface area contributed by atoms with Gasteiger partial charge in [0.1, 0.15) is 0 Å². The van der Waals surface area contributed by atoms with Gasteiger partial charge < -0.3 is 10.2 Å². The Kier molecular flexibility index (Phi) is 5.04. The quantitative estimate of drug-likeness (QED) is 0.844. The van der Waals surface area contributed by atoms with Gasteiger partial charge >= 0.3 is 0 Å². The number of aromatic nitrogens is 5. The maximum absolute atomic E-state index is 11.6. The van der Waals surface area contributed by atoms with E-state index in [0.29, 0.717) is 18.4 Å². The Labute approximate surface area is 127 Å². The van der Waals surface area contributed by atoms with Gasteiger partial charge in [-0.3, -0.25) is 4.79 Å². The average Bonchev–Trinajstić information content (AvgIpc) is 3.00. The van der Waals surface area contributed by atoms with Crippen molar-refractivity contribution in [3.8, 4) is 5.95 Å². The van der Waals surface area contributed by atoms with Gasteiger partial charge in [-0.25, -0.2) is 4.68 Å². The average molecular weight is 310 g/mol. The monoisotopic (exact) mass is 309 g/mol. The minimum absolute atomic E-state index is 0.0588. The lowest BCUT2D eigenvalue weighted by Gasteiger charge is -2.21. The lowest BCUT2D eigenvalue weighted by molar-refractivity contribution is -0.119. The molecule has 0 aliphatic heterocycles. The first-order valence-electron chi connectivity index (χ1n) is 6.51. The standard InChI is InChI=1S/C12H16ClN7O/c1-3-6-19(8-9(21)14-2)11-16-10(13)17-12(18-11)20-7-4-5-15-20/h4-5,7H,3,6,8H2,1-2H3,(H,14,21). The zero-order valence-electron chi connectivity index (χ0n) is 11.8. The smallest absolute Gasteiger partial charge is 0.256 e. The van der Waals surface area contributed by atoms with E-state index in [2.05, 4.69) is 25.4 Å². The van der Waals surface area contributed by atoms with Crippen molar-refractivity contribution in [2.75, 3.05) is 25.0 Å². The third-order valence-electron chi connectivity index (χ3n) is 2.68. The molecule has 0 bridgehead atoms. The first kappa shape index (κ1) is 15.2. The van der Waals surface area contributed by atoms with E-state index in [1.165, 1.54) is 4.68 Å². The molecule has 0 fully saturated rings. The van der Waals surface area contributed by atoms with E-state index in [1.807, 2.05) is 6.92 Å². The molecule has 9 heteroatoms. The number of halogens is 1. The Balaban J connectivity index is 2.33. The molecule has 0 aliphatic carbocycles. The summed E-state index contributed by atoms with van der Waals surface area (Å²) in [6, 6.07) is 1.76. The zero-order valence-corrected chi connectivity index (χ0v) is 12.6. The highest BCUT2D eigenvalue weighted by atomic mass is 35.5. The molecule has 1 amide bonds. The van der Waals surface area contributed by atoms with Gasteiger partial charge in [0.05, 0.1) is 6.54 Å². The molecule has 0 atom stereocenters. The van der Waals surface area contributed by atoms with Crippen LogP contribution in [0.2, 0.25) is 5.28 Å². The van der Waals surface area contributed by atoms with Gasteiger partial charge in [0.2, 0.25) is 17.1 Å². The van der Waals surface area contributed by atoms with Crippen LogP contribution in [0.5, 0.6) is 0 Å². The molecule has 2 heterocycles. The van der Waals surface area contributed by atoms with Gasteiger partial charge in [0, 0.05) is 26.0 Å². The van der Waals surface area contributed by atoms with Gasteiger partial charge in [-0.15, -0.1) is 0 Å². The van der Waals surface area contributed by atoms with E-state index in [9.17, 15) is 4.79 Å². The van der Waals surface area contributed by atoms with E-state index < -0.39 is 0 Å². The first-order valence-corrected chi connectivity index (χ1v) is 6.89. The van der Waals surface area contributed by atoms with E-state index in [4.69, 9.17) is 11.6 Å². The number of nitrogens with zero attached hydrogens (tertiary/aromatic N) is 6. The molecular weight excluding hydrogens is 294 g/mol. The number of carbonyl (C=O) groups is 1. The molecule has 112 valence electrons. The van der Waals surface area contributed by atoms with Crippen LogP contribution in [0.25, 0.3) is 5.95 Å². The number of hydrogen-bond acceptors (Lipinski definition) is 6. The molecule has 2 aromatic heterocycles. The maximum atomic E-state index is 11.6. The Hall–Kier alpha value is -2.22. The molecule has 0 aliphatic rings. The van der Waals surface area contributed by atoms with Crippen molar-refractivity contribution in [1.82, 2.24) is 30.0 Å². The van der Waals surface area contributed by atoms with E-state index in [0.717, 1.165) is 6.42 Å². The fourth-order valence-electron chi connectivity index (χ4n) is 1.73. The number of rotatable bonds is 6. The summed E-state index contributed by atoms with van der Waals surface area (Å²) in [4.78, 5) is 25.8. The van der Waals surface area contributed by atoms with E-state index in [-0.39, 0.29) is 17.7 Å². The molecule has 8 nitrogen and oxygen atoms in total. The molecule has 0 unspecified atom stereocenters. The zero-order chi connectivity index (χ0) is 15.2. The minimum Gasteiger partial charge on any atom is -0.358 e. The molecule has 0 spiro atoms. The molecule has 21 heavy (non-hydrogen) atoms. The number of nitrogens with one attached hydrogen (secondary N) is 1. The summed E-state index contributed by atoms with van der Waals surface area (Å²) in [6.45, 7) is 2.80. The van der Waals surface area contributed by atoms with Crippen LogP contribution in [0.3, 0.4) is 0 Å². The van der Waals surface area contributed by atoms with Crippen molar-refractivity contribution in [3.05, 3.63) is 23.7 Å². The number of amides is 1. The predicted octanol–water partition coefficient (Wildman–Crippen LogP) is 0.673. The number of likely N-dealkylation sites (N-methyl/N-ethyl adjacent to an activating group) is 1. The Bertz CT molecular complexity index is 602. The summed E-state index contributed by atoms with van der Waals surface area (Å²) in [5, 5.41) is 6.70. The van der Waals surface area contributed by atoms with Crippen molar-refractivity contribution < 1.29 is 4.79 Å². The highest BCUT2D eigenvalue weighted by molar-refractivity contribution is 6.28. The van der Waals surface area contributed by atoms with Crippen LogP contribution in [0.1, 0.15) is 13.3 Å². The lowest BCUT2D eigenvalue weighted by atomic mass is 10.4. The summed E-state index contributed by atoms with van der Waals surface area (Å²) < 4.78 is 1.49. The second-order valence-electron chi connectivity index (χ2n) is 4.25. The topological polar surface area (TPSA) is 88.8 Å². The number of hydrogen-bond donors (Lipinski definition) is 1. The van der Waals surface area contributed by atoms with E-state index in [1.54, 1.807) is 30.4 Å². The lowest BCUT2D eigenvalue weighted by Crippen LogP contribution is -2.37. The molecule has 0 radical (unpaired) electrons. The number of carbonyl (C=O) groups excluding carboxylic acids is 1. The first-order chi connectivity index (χ1) is 10.1. The Morgan fingerprint density at radius 3 is 2.86 bits per heavy atom. The van der Waals surface area contributed by atoms with Crippen LogP contribution >= 0.6 is 11.6 Å². The van der Waals surface area contributed by atoms with Crippen molar-refractivity contribution in [2.45, 2.75) is 13.3 Å². The maximum Gasteiger partial charge on any atom is 0.256 e. The van der Waals surface area contributed by atoms with Crippen molar-refractivity contribution in [1.29, 1.82) is 0 Å². The molecule has 0 aromatic carbocycles. The number of anilines is 1. The fraction of sp³-hybridized carbons (Fsp3) is 0.417. The fourth-order valence-corrected chi connectivity index (χ4v) is 1.88. The minimum atomic E-state index is -0.124. The Morgan fingerprint density at radius 2 is 2.24 bits per heavy atom. The second kappa shape index (κ2) is 6.98. The molecule has 1 N–H and O–H groups in total. The van der Waals surface area contributed by atoms with Gasteiger partial charge in [0.15, 0.2) is 0 Å². The predicted molar refractivity (Wildman–Crippen MR) is 78.5 cm³/mol. The van der Waals surface area contributed by atoms with E-state index >= 15 is 0 Å². The van der Waals surface area contributed by atoms with Gasteiger partial charge in [0.25, 0.3) is 5.95 Å².